The van der Waals surface area contributed by atoms with Crippen LogP contribution in [0.2, 0.25) is 0 Å². The van der Waals surface area contributed by atoms with E-state index in [1.807, 2.05) is 68.4 Å². The molecule has 0 aliphatic carbocycles. The molecule has 0 unspecified atom stereocenters. The van der Waals surface area contributed by atoms with Crippen molar-refractivity contribution in [1.29, 1.82) is 0 Å². The number of halogens is 2. The number of para-hydroxylation sites is 4. The average molecular weight is 585 g/mol. The van der Waals surface area contributed by atoms with Crippen molar-refractivity contribution in [3.63, 3.8) is 0 Å². The van der Waals surface area contributed by atoms with Crippen molar-refractivity contribution in [1.82, 2.24) is 24.1 Å². The van der Waals surface area contributed by atoms with Gasteiger partial charge in [-0.05, 0) is 50.2 Å². The van der Waals surface area contributed by atoms with Crippen molar-refractivity contribution < 1.29 is 51.1 Å². The van der Waals surface area contributed by atoms with Gasteiger partial charge in [0.25, 0.3) is 0 Å². The third-order valence-electron chi connectivity index (χ3n) is 5.84. The van der Waals surface area contributed by atoms with Crippen LogP contribution < -0.4 is 24.8 Å². The fourth-order valence-corrected chi connectivity index (χ4v) is 4.28. The van der Waals surface area contributed by atoms with Gasteiger partial charge < -0.3 is 43.4 Å². The van der Waals surface area contributed by atoms with E-state index in [-0.39, 0.29) is 41.6 Å². The van der Waals surface area contributed by atoms with E-state index in [0.717, 1.165) is 45.1 Å². The number of hydrogen-bond donors (Lipinski definition) is 0. The molecule has 0 amide bonds. The minimum atomic E-state index is 0. The molecule has 0 fully saturated rings. The normalized spacial score (nSPS) is 10.6. The number of fused-ring (bicyclic) bond motifs is 2. The first kappa shape index (κ1) is 30.8. The summed E-state index contributed by atoms with van der Waals surface area (Å²) in [6.45, 7) is 8.06. The van der Waals surface area contributed by atoms with Crippen LogP contribution in [-0.4, -0.2) is 50.5 Å². The maximum Gasteiger partial charge on any atom is 2.00 e. The summed E-state index contributed by atoms with van der Waals surface area (Å²) in [4.78, 5) is 14.9. The molecule has 0 bridgehead atoms. The van der Waals surface area contributed by atoms with Crippen LogP contribution in [0.1, 0.15) is 13.8 Å². The number of benzene rings is 2. The molecular weight excluding hydrogens is 556 g/mol. The second kappa shape index (κ2) is 14.5. The smallest absolute Gasteiger partial charge is 1.00 e. The Bertz CT molecular complexity index is 1320. The Labute approximate surface area is 239 Å². The monoisotopic (exact) mass is 584 g/mol. The number of hydrogen-bond acceptors (Lipinski definition) is 5. The summed E-state index contributed by atoms with van der Waals surface area (Å²) in [5.74, 6) is 1.67. The Morgan fingerprint density at radius 2 is 1.03 bits per heavy atom. The van der Waals surface area contributed by atoms with Crippen molar-refractivity contribution >= 4 is 22.1 Å². The van der Waals surface area contributed by atoms with E-state index < -0.39 is 0 Å². The Kier molecular flexibility index (Phi) is 12.0. The molecular formula is C27H29Cl2CoN5O2. The molecule has 0 atom stereocenters. The molecule has 3 aromatic heterocycles. The molecule has 37 heavy (non-hydrogen) atoms. The second-order valence-corrected chi connectivity index (χ2v) is 7.95. The third kappa shape index (κ3) is 6.52. The van der Waals surface area contributed by atoms with E-state index in [9.17, 15) is 0 Å². The van der Waals surface area contributed by atoms with E-state index in [2.05, 4.69) is 21.3 Å². The molecule has 0 spiro atoms. The number of nitrogens with zero attached hydrogens (tertiary/aromatic N) is 5. The summed E-state index contributed by atoms with van der Waals surface area (Å²) in [5.41, 5.74) is 5.68. The fourth-order valence-electron chi connectivity index (χ4n) is 4.28. The van der Waals surface area contributed by atoms with Crippen LogP contribution in [-0.2, 0) is 39.3 Å². The van der Waals surface area contributed by atoms with E-state index in [4.69, 9.17) is 24.4 Å². The van der Waals surface area contributed by atoms with Crippen LogP contribution in [0.25, 0.3) is 45.1 Å². The Morgan fingerprint density at radius 1 is 0.595 bits per heavy atom. The minimum Gasteiger partial charge on any atom is -1.00 e. The van der Waals surface area contributed by atoms with Crippen LogP contribution in [0.15, 0.2) is 66.7 Å². The Balaban J connectivity index is 0.00000160. The molecule has 2 aromatic carbocycles. The van der Waals surface area contributed by atoms with Crippen molar-refractivity contribution in [2.24, 2.45) is 0 Å². The van der Waals surface area contributed by atoms with Gasteiger partial charge in [-0.3, -0.25) is 0 Å². The molecule has 10 heteroatoms. The maximum absolute atomic E-state index is 5.64. The van der Waals surface area contributed by atoms with Gasteiger partial charge in [-0.2, -0.15) is 0 Å². The zero-order valence-electron chi connectivity index (χ0n) is 20.7. The molecule has 197 valence electrons. The molecule has 0 aliphatic rings. The number of ether oxygens (including phenoxy) is 2. The van der Waals surface area contributed by atoms with Gasteiger partial charge in [0.1, 0.15) is 11.4 Å². The second-order valence-electron chi connectivity index (χ2n) is 7.95. The van der Waals surface area contributed by atoms with Crippen LogP contribution in [0.4, 0.5) is 0 Å². The molecule has 1 radical (unpaired) electrons. The summed E-state index contributed by atoms with van der Waals surface area (Å²) < 4.78 is 15.7. The molecule has 3 heterocycles. The first-order chi connectivity index (χ1) is 16.8. The SMILES string of the molecule is CCOCCn1c(-c2cccc(-c3nc4ccccc4n3CCOCC)n2)nc2ccccc21.[Cl-].[Cl-].[Co+2]. The van der Waals surface area contributed by atoms with E-state index in [0.29, 0.717) is 39.5 Å². The first-order valence-corrected chi connectivity index (χ1v) is 11.8. The summed E-state index contributed by atoms with van der Waals surface area (Å²) >= 11 is 0. The third-order valence-corrected chi connectivity index (χ3v) is 5.84. The van der Waals surface area contributed by atoms with Gasteiger partial charge in [-0.1, -0.05) is 30.3 Å². The molecule has 5 rings (SSSR count). The van der Waals surface area contributed by atoms with Crippen LogP contribution in [0.5, 0.6) is 0 Å². The molecule has 7 nitrogen and oxygen atoms in total. The van der Waals surface area contributed by atoms with Crippen LogP contribution >= 0.6 is 0 Å². The summed E-state index contributed by atoms with van der Waals surface area (Å²) in [5, 5.41) is 0. The Hall–Kier alpha value is -2.46. The molecule has 0 aliphatic heterocycles. The quantitative estimate of drug-likeness (QED) is 0.201. The predicted octanol–water partition coefficient (Wildman–Crippen LogP) is -0.806. The molecule has 0 N–H and O–H groups in total. The maximum atomic E-state index is 5.64. The van der Waals surface area contributed by atoms with Gasteiger partial charge in [0.15, 0.2) is 11.6 Å². The summed E-state index contributed by atoms with van der Waals surface area (Å²) in [6.07, 6.45) is 0. The van der Waals surface area contributed by atoms with Gasteiger partial charge in [0.05, 0.1) is 35.3 Å². The molecule has 5 aromatic rings. The number of pyridine rings is 1. The molecule has 0 saturated heterocycles. The van der Waals surface area contributed by atoms with E-state index >= 15 is 0 Å². The molecule has 0 saturated carbocycles. The fraction of sp³-hybridized carbons (Fsp3) is 0.296. The first-order valence-electron chi connectivity index (χ1n) is 11.8. The van der Waals surface area contributed by atoms with Crippen molar-refractivity contribution in [2.75, 3.05) is 26.4 Å². The standard InChI is InChI=1S/C27H29N5O2.2ClH.Co/c1-3-33-18-16-31-24-14-7-5-10-20(24)29-26(31)22-12-9-13-23(28-22)27-30-21-11-6-8-15-25(21)32(27)17-19-34-4-2;;;/h5-15H,3-4,16-19H2,1-2H3;2*1H;/q;;;+2/p-2. The zero-order chi connectivity index (χ0) is 23.3. The topological polar surface area (TPSA) is 67.0 Å². The Morgan fingerprint density at radius 3 is 1.46 bits per heavy atom. The zero-order valence-corrected chi connectivity index (χ0v) is 23.3. The van der Waals surface area contributed by atoms with Gasteiger partial charge in [0.2, 0.25) is 0 Å². The minimum absolute atomic E-state index is 0. The number of rotatable bonds is 10. The summed E-state index contributed by atoms with van der Waals surface area (Å²) in [6, 6.07) is 22.4. The van der Waals surface area contributed by atoms with Crippen molar-refractivity contribution in [3.8, 4) is 23.0 Å². The van der Waals surface area contributed by atoms with Crippen LogP contribution in [0, 0.1) is 0 Å². The van der Waals surface area contributed by atoms with Crippen molar-refractivity contribution in [3.05, 3.63) is 66.7 Å². The van der Waals surface area contributed by atoms with Gasteiger partial charge in [-0.15, -0.1) is 0 Å². The predicted molar refractivity (Wildman–Crippen MR) is 135 cm³/mol. The van der Waals surface area contributed by atoms with Crippen LogP contribution in [0.3, 0.4) is 0 Å². The van der Waals surface area contributed by atoms with E-state index in [1.54, 1.807) is 0 Å². The number of imidazole rings is 2. The van der Waals surface area contributed by atoms with Gasteiger partial charge in [0, 0.05) is 26.3 Å². The van der Waals surface area contributed by atoms with Gasteiger partial charge >= 0.3 is 16.8 Å². The van der Waals surface area contributed by atoms with Crippen molar-refractivity contribution in [2.45, 2.75) is 26.9 Å². The average Bonchev–Trinajstić information content (AvgIpc) is 3.43. The number of aromatic nitrogens is 5. The van der Waals surface area contributed by atoms with E-state index in [1.165, 1.54) is 0 Å². The largest absolute Gasteiger partial charge is 2.00 e. The summed E-state index contributed by atoms with van der Waals surface area (Å²) in [7, 11) is 0. The van der Waals surface area contributed by atoms with Gasteiger partial charge in [-0.25, -0.2) is 15.0 Å².